The zero-order valence-electron chi connectivity index (χ0n) is 24.3. The molecule has 0 bridgehead atoms. The number of amides is 4. The topological polar surface area (TPSA) is 127 Å². The summed E-state index contributed by atoms with van der Waals surface area (Å²) in [6.07, 6.45) is 6.49. The lowest BCUT2D eigenvalue weighted by atomic mass is 9.94. The van der Waals surface area contributed by atoms with Crippen LogP contribution in [-0.4, -0.2) is 95.0 Å². The summed E-state index contributed by atoms with van der Waals surface area (Å²) in [6, 6.07) is 12.5. The standard InChI is InChI=1S/C32H36N6O5/c1-43-26-12-11-24-20-38(29(39)27(24)19-26)21-32(30(40)33-31(41)34-32)14-13-22-7-9-23(10-8-22)28(35-42)37-17-15-36(16-18-37)25-5-3-2-4-6-25/h7-12,19,25,42H,2-6,15-18,20-21H2,1H3,(H2,33,34,40,41)/t32-/m1/s1. The zero-order chi connectivity index (χ0) is 30.0. The van der Waals surface area contributed by atoms with Crippen molar-refractivity contribution >= 4 is 23.7 Å². The molecule has 1 aliphatic carbocycles. The highest BCUT2D eigenvalue weighted by molar-refractivity contribution is 6.10. The van der Waals surface area contributed by atoms with E-state index in [0.717, 1.165) is 37.3 Å². The van der Waals surface area contributed by atoms with Crippen LogP contribution in [0.5, 0.6) is 5.75 Å². The summed E-state index contributed by atoms with van der Waals surface area (Å²) >= 11 is 0. The fourth-order valence-electron chi connectivity index (χ4n) is 6.54. The fourth-order valence-corrected chi connectivity index (χ4v) is 6.54. The molecule has 6 rings (SSSR count). The van der Waals surface area contributed by atoms with Gasteiger partial charge in [0.25, 0.3) is 11.8 Å². The Morgan fingerprint density at radius 3 is 2.44 bits per heavy atom. The molecule has 11 heteroatoms. The molecule has 0 unspecified atom stereocenters. The summed E-state index contributed by atoms with van der Waals surface area (Å²) in [5, 5.41) is 18.4. The quantitative estimate of drug-likeness (QED) is 0.123. The van der Waals surface area contributed by atoms with E-state index in [0.29, 0.717) is 28.8 Å². The van der Waals surface area contributed by atoms with Crippen molar-refractivity contribution in [3.63, 3.8) is 0 Å². The highest BCUT2D eigenvalue weighted by Gasteiger charge is 2.48. The fraction of sp³-hybridized carbons (Fsp3) is 0.438. The molecule has 3 aliphatic heterocycles. The summed E-state index contributed by atoms with van der Waals surface area (Å²) < 4.78 is 5.25. The first-order valence-electron chi connectivity index (χ1n) is 14.8. The van der Waals surface area contributed by atoms with E-state index in [-0.39, 0.29) is 19.0 Å². The molecule has 3 heterocycles. The molecule has 3 fully saturated rings. The van der Waals surface area contributed by atoms with Gasteiger partial charge in [-0.25, -0.2) is 4.79 Å². The third-order valence-corrected chi connectivity index (χ3v) is 8.93. The molecule has 11 nitrogen and oxygen atoms in total. The van der Waals surface area contributed by atoms with E-state index in [2.05, 4.69) is 37.4 Å². The highest BCUT2D eigenvalue weighted by atomic mass is 16.5. The van der Waals surface area contributed by atoms with Gasteiger partial charge in [-0.15, -0.1) is 0 Å². The van der Waals surface area contributed by atoms with E-state index in [1.165, 1.54) is 44.1 Å². The lowest BCUT2D eigenvalue weighted by Gasteiger charge is -2.41. The van der Waals surface area contributed by atoms with Crippen LogP contribution in [0.15, 0.2) is 47.6 Å². The van der Waals surface area contributed by atoms with E-state index in [9.17, 15) is 19.6 Å². The van der Waals surface area contributed by atoms with Crippen molar-refractivity contribution in [3.05, 3.63) is 64.7 Å². The maximum absolute atomic E-state index is 13.2. The van der Waals surface area contributed by atoms with Crippen molar-refractivity contribution in [1.82, 2.24) is 25.3 Å². The van der Waals surface area contributed by atoms with Gasteiger partial charge in [-0.1, -0.05) is 42.3 Å². The number of nitrogens with one attached hydrogen (secondary N) is 2. The predicted molar refractivity (Wildman–Crippen MR) is 159 cm³/mol. The number of rotatable bonds is 5. The second-order valence-electron chi connectivity index (χ2n) is 11.6. The van der Waals surface area contributed by atoms with Gasteiger partial charge in [-0.05, 0) is 54.8 Å². The summed E-state index contributed by atoms with van der Waals surface area (Å²) in [5.41, 5.74) is 1.08. The Hall–Kier alpha value is -4.56. The second kappa shape index (κ2) is 12.0. The number of hydrogen-bond donors (Lipinski definition) is 3. The normalized spacial score (nSPS) is 23.0. The van der Waals surface area contributed by atoms with Crippen molar-refractivity contribution in [3.8, 4) is 17.6 Å². The van der Waals surface area contributed by atoms with Crippen molar-refractivity contribution in [2.75, 3.05) is 39.8 Å². The van der Waals surface area contributed by atoms with Gasteiger partial charge in [0.05, 0.1) is 13.7 Å². The Balaban J connectivity index is 1.15. The van der Waals surface area contributed by atoms with Gasteiger partial charge in [0.2, 0.25) is 5.54 Å². The van der Waals surface area contributed by atoms with Crippen LogP contribution in [0.4, 0.5) is 4.79 Å². The number of amidine groups is 1. The SMILES string of the molecule is COc1ccc2c(c1)C(=O)N(C[C@@]1(C#Cc3ccc(C(=NO)N4CCN(C5CCCCC5)CC4)cc3)NC(=O)NC1=O)C2. The molecule has 224 valence electrons. The lowest BCUT2D eigenvalue weighted by molar-refractivity contribution is -0.122. The third kappa shape index (κ3) is 5.75. The summed E-state index contributed by atoms with van der Waals surface area (Å²) in [5.74, 6) is 6.17. The Bertz CT molecular complexity index is 1500. The Labute approximate surface area is 250 Å². The minimum atomic E-state index is -1.60. The first kappa shape index (κ1) is 28.6. The number of piperazine rings is 1. The maximum atomic E-state index is 13.2. The minimum Gasteiger partial charge on any atom is -0.497 e. The number of fused-ring (bicyclic) bond motifs is 1. The smallest absolute Gasteiger partial charge is 0.323 e. The first-order chi connectivity index (χ1) is 20.9. The van der Waals surface area contributed by atoms with Crippen LogP contribution in [0, 0.1) is 11.8 Å². The number of imide groups is 1. The second-order valence-corrected chi connectivity index (χ2v) is 11.6. The number of nitrogens with zero attached hydrogens (tertiary/aromatic N) is 4. The van der Waals surface area contributed by atoms with Gasteiger partial charge in [0.15, 0.2) is 5.84 Å². The summed E-state index contributed by atoms with van der Waals surface area (Å²) in [7, 11) is 1.53. The van der Waals surface area contributed by atoms with Gasteiger partial charge < -0.3 is 25.1 Å². The average molecular weight is 585 g/mol. The largest absolute Gasteiger partial charge is 0.497 e. The van der Waals surface area contributed by atoms with Gasteiger partial charge in [-0.2, -0.15) is 0 Å². The van der Waals surface area contributed by atoms with Crippen molar-refractivity contribution in [2.24, 2.45) is 5.16 Å². The van der Waals surface area contributed by atoms with Crippen molar-refractivity contribution < 1.29 is 24.3 Å². The molecule has 2 aromatic rings. The van der Waals surface area contributed by atoms with Crippen LogP contribution in [0.1, 0.15) is 59.2 Å². The minimum absolute atomic E-state index is 0.111. The lowest BCUT2D eigenvalue weighted by Crippen LogP contribution is -2.54. The first-order valence-corrected chi connectivity index (χ1v) is 14.8. The molecule has 0 spiro atoms. The van der Waals surface area contributed by atoms with Crippen molar-refractivity contribution in [2.45, 2.75) is 50.2 Å². The van der Waals surface area contributed by atoms with Crippen molar-refractivity contribution in [1.29, 1.82) is 0 Å². The molecule has 1 saturated carbocycles. The van der Waals surface area contributed by atoms with E-state index in [1.54, 1.807) is 24.3 Å². The van der Waals surface area contributed by atoms with E-state index in [4.69, 9.17) is 4.74 Å². The molecule has 0 aromatic heterocycles. The molecule has 4 amide bonds. The maximum Gasteiger partial charge on any atom is 0.323 e. The van der Waals surface area contributed by atoms with E-state index >= 15 is 0 Å². The average Bonchev–Trinajstić information content (AvgIpc) is 3.50. The number of carbonyl (C=O) groups excluding carboxylic acids is 3. The number of urea groups is 1. The predicted octanol–water partition coefficient (Wildman–Crippen LogP) is 2.37. The van der Waals surface area contributed by atoms with Gasteiger partial charge in [-0.3, -0.25) is 19.8 Å². The van der Waals surface area contributed by atoms with Crippen LogP contribution in [0.25, 0.3) is 0 Å². The van der Waals surface area contributed by atoms with Crippen LogP contribution < -0.4 is 15.4 Å². The van der Waals surface area contributed by atoms with E-state index in [1.807, 2.05) is 18.2 Å². The molecular formula is C32H36N6O5. The zero-order valence-corrected chi connectivity index (χ0v) is 24.3. The number of carbonyl (C=O) groups is 3. The van der Waals surface area contributed by atoms with Crippen LogP contribution in [0.2, 0.25) is 0 Å². The van der Waals surface area contributed by atoms with Crippen LogP contribution in [-0.2, 0) is 11.3 Å². The van der Waals surface area contributed by atoms with Gasteiger partial charge in [0.1, 0.15) is 5.75 Å². The number of hydrogen-bond acceptors (Lipinski definition) is 7. The highest BCUT2D eigenvalue weighted by Crippen LogP contribution is 2.29. The molecule has 1 atom stereocenters. The monoisotopic (exact) mass is 584 g/mol. The summed E-state index contributed by atoms with van der Waals surface area (Å²) in [6.45, 7) is 3.65. The Morgan fingerprint density at radius 2 is 1.79 bits per heavy atom. The molecule has 4 aliphatic rings. The molecule has 2 aromatic carbocycles. The third-order valence-electron chi connectivity index (χ3n) is 8.93. The molecule has 0 radical (unpaired) electrons. The van der Waals surface area contributed by atoms with Gasteiger partial charge >= 0.3 is 6.03 Å². The molecular weight excluding hydrogens is 548 g/mol. The number of methoxy groups -OCH3 is 1. The van der Waals surface area contributed by atoms with Crippen LogP contribution in [0.3, 0.4) is 0 Å². The Morgan fingerprint density at radius 1 is 1.05 bits per heavy atom. The van der Waals surface area contributed by atoms with Gasteiger partial charge in [0, 0.05) is 55.5 Å². The summed E-state index contributed by atoms with van der Waals surface area (Å²) in [4.78, 5) is 44.5. The number of oxime groups is 1. The Kier molecular flexibility index (Phi) is 7.95. The van der Waals surface area contributed by atoms with E-state index < -0.39 is 17.5 Å². The molecule has 2 saturated heterocycles. The molecule has 43 heavy (non-hydrogen) atoms. The number of benzene rings is 2. The van der Waals surface area contributed by atoms with Crippen LogP contribution >= 0.6 is 0 Å². The molecule has 3 N–H and O–H groups in total. The number of ether oxygens (including phenoxy) is 1.